The molecule has 2 heterocycles. The van der Waals surface area contributed by atoms with Crippen LogP contribution in [0.2, 0.25) is 0 Å². The van der Waals surface area contributed by atoms with Gasteiger partial charge < -0.3 is 19.4 Å². The summed E-state index contributed by atoms with van der Waals surface area (Å²) >= 11 is 0. The second-order valence-corrected chi connectivity index (χ2v) is 4.82. The molecule has 18 heavy (non-hydrogen) atoms. The summed E-state index contributed by atoms with van der Waals surface area (Å²) in [5.74, 6) is 0.775. The van der Waals surface area contributed by atoms with Gasteiger partial charge >= 0.3 is 0 Å². The van der Waals surface area contributed by atoms with E-state index in [1.54, 1.807) is 14.2 Å². The predicted octanol–water partition coefficient (Wildman–Crippen LogP) is 1.56. The van der Waals surface area contributed by atoms with Crippen LogP contribution in [0.3, 0.4) is 0 Å². The Hall–Kier alpha value is -0.910. The SMILES string of the molecule is COC(OC)c1cncn1CCC1CCCNC1. The molecule has 0 bridgehead atoms. The lowest BCUT2D eigenvalue weighted by Gasteiger charge is -2.23. The molecule has 2 rings (SSSR count). The largest absolute Gasteiger partial charge is 0.350 e. The van der Waals surface area contributed by atoms with Crippen LogP contribution in [0, 0.1) is 5.92 Å². The zero-order valence-electron chi connectivity index (χ0n) is 11.3. The molecule has 5 nitrogen and oxygen atoms in total. The van der Waals surface area contributed by atoms with Gasteiger partial charge in [-0.25, -0.2) is 4.98 Å². The maximum absolute atomic E-state index is 5.28. The van der Waals surface area contributed by atoms with E-state index in [0.29, 0.717) is 0 Å². The zero-order chi connectivity index (χ0) is 12.8. The maximum Gasteiger partial charge on any atom is 0.200 e. The summed E-state index contributed by atoms with van der Waals surface area (Å²) in [5.41, 5.74) is 0.990. The molecule has 0 aromatic carbocycles. The molecule has 1 aliphatic rings. The van der Waals surface area contributed by atoms with Gasteiger partial charge in [0.2, 0.25) is 0 Å². The van der Waals surface area contributed by atoms with E-state index in [1.807, 2.05) is 12.5 Å². The summed E-state index contributed by atoms with van der Waals surface area (Å²) in [7, 11) is 3.30. The molecule has 102 valence electrons. The van der Waals surface area contributed by atoms with Gasteiger partial charge in [-0.15, -0.1) is 0 Å². The molecule has 0 aliphatic carbocycles. The Kier molecular flexibility index (Phi) is 5.16. The van der Waals surface area contributed by atoms with Crippen LogP contribution in [0.4, 0.5) is 0 Å². The average Bonchev–Trinajstić information content (AvgIpc) is 2.88. The highest BCUT2D eigenvalue weighted by Crippen LogP contribution is 2.19. The van der Waals surface area contributed by atoms with Crippen molar-refractivity contribution in [2.24, 2.45) is 5.92 Å². The van der Waals surface area contributed by atoms with Gasteiger partial charge in [-0.2, -0.15) is 0 Å². The van der Waals surface area contributed by atoms with Crippen molar-refractivity contribution in [1.82, 2.24) is 14.9 Å². The molecule has 1 N–H and O–H groups in total. The van der Waals surface area contributed by atoms with Crippen LogP contribution < -0.4 is 5.32 Å². The summed E-state index contributed by atoms with van der Waals surface area (Å²) in [6.45, 7) is 3.29. The van der Waals surface area contributed by atoms with Gasteiger partial charge in [-0.05, 0) is 38.3 Å². The number of nitrogens with zero attached hydrogens (tertiary/aromatic N) is 2. The predicted molar refractivity (Wildman–Crippen MR) is 69.2 cm³/mol. The van der Waals surface area contributed by atoms with E-state index in [-0.39, 0.29) is 6.29 Å². The molecule has 1 aliphatic heterocycles. The van der Waals surface area contributed by atoms with Gasteiger partial charge in [-0.3, -0.25) is 0 Å². The van der Waals surface area contributed by atoms with E-state index < -0.39 is 0 Å². The van der Waals surface area contributed by atoms with Gasteiger partial charge in [0.1, 0.15) is 0 Å². The fourth-order valence-electron chi connectivity index (χ4n) is 2.54. The number of methoxy groups -OCH3 is 2. The molecule has 1 atom stereocenters. The molecule has 1 aromatic rings. The summed E-state index contributed by atoms with van der Waals surface area (Å²) in [6, 6.07) is 0. The van der Waals surface area contributed by atoms with E-state index in [0.717, 1.165) is 24.7 Å². The Labute approximate surface area is 108 Å². The lowest BCUT2D eigenvalue weighted by Crippen LogP contribution is -2.30. The fraction of sp³-hybridized carbons (Fsp3) is 0.769. The van der Waals surface area contributed by atoms with E-state index in [1.165, 1.54) is 25.8 Å². The van der Waals surface area contributed by atoms with Crippen LogP contribution in [0.1, 0.15) is 31.2 Å². The molecular weight excluding hydrogens is 230 g/mol. The minimum atomic E-state index is -0.322. The number of ether oxygens (including phenoxy) is 2. The molecule has 0 amide bonds. The lowest BCUT2D eigenvalue weighted by molar-refractivity contribution is -0.110. The van der Waals surface area contributed by atoms with Crippen LogP contribution >= 0.6 is 0 Å². The Balaban J connectivity index is 1.90. The number of rotatable bonds is 6. The van der Waals surface area contributed by atoms with Gasteiger partial charge in [-0.1, -0.05) is 0 Å². The first kappa shape index (κ1) is 13.5. The number of nitrogens with one attached hydrogen (secondary N) is 1. The second-order valence-electron chi connectivity index (χ2n) is 4.82. The molecule has 0 radical (unpaired) electrons. The third-order valence-electron chi connectivity index (χ3n) is 3.59. The van der Waals surface area contributed by atoms with Gasteiger partial charge in [0.15, 0.2) is 6.29 Å². The zero-order valence-corrected chi connectivity index (χ0v) is 11.3. The van der Waals surface area contributed by atoms with E-state index in [9.17, 15) is 0 Å². The Morgan fingerprint density at radius 1 is 1.50 bits per heavy atom. The maximum atomic E-state index is 5.28. The van der Waals surface area contributed by atoms with Crippen molar-refractivity contribution >= 4 is 0 Å². The highest BCUT2D eigenvalue weighted by molar-refractivity contribution is 5.00. The molecule has 1 saturated heterocycles. The molecule has 1 unspecified atom stereocenters. The highest BCUT2D eigenvalue weighted by Gasteiger charge is 2.17. The minimum absolute atomic E-state index is 0.322. The van der Waals surface area contributed by atoms with Crippen molar-refractivity contribution in [3.63, 3.8) is 0 Å². The number of aryl methyl sites for hydroxylation is 1. The Bertz CT molecular complexity index is 344. The van der Waals surface area contributed by atoms with E-state index in [2.05, 4.69) is 14.9 Å². The Morgan fingerprint density at radius 3 is 3.00 bits per heavy atom. The standard InChI is InChI=1S/C13H23N3O2/c1-17-13(18-2)12-9-15-10-16(12)7-5-11-4-3-6-14-8-11/h9-11,13-14H,3-8H2,1-2H3. The summed E-state index contributed by atoms with van der Waals surface area (Å²) in [5, 5.41) is 3.45. The first-order valence-corrected chi connectivity index (χ1v) is 6.61. The summed E-state index contributed by atoms with van der Waals surface area (Å²) in [6.07, 6.45) is 7.15. The molecule has 0 saturated carbocycles. The first-order valence-electron chi connectivity index (χ1n) is 6.61. The molecule has 1 fully saturated rings. The first-order chi connectivity index (χ1) is 8.85. The number of imidazole rings is 1. The van der Waals surface area contributed by atoms with Gasteiger partial charge in [0.05, 0.1) is 18.2 Å². The smallest absolute Gasteiger partial charge is 0.200 e. The quantitative estimate of drug-likeness (QED) is 0.782. The van der Waals surface area contributed by atoms with Gasteiger partial charge in [0, 0.05) is 20.8 Å². The summed E-state index contributed by atoms with van der Waals surface area (Å²) in [4.78, 5) is 4.19. The van der Waals surface area contributed by atoms with Crippen LogP contribution in [0.25, 0.3) is 0 Å². The number of hydrogen-bond acceptors (Lipinski definition) is 4. The minimum Gasteiger partial charge on any atom is -0.350 e. The van der Waals surface area contributed by atoms with Crippen LogP contribution in [0.5, 0.6) is 0 Å². The molecular formula is C13H23N3O2. The van der Waals surface area contributed by atoms with Crippen molar-refractivity contribution < 1.29 is 9.47 Å². The van der Waals surface area contributed by atoms with Crippen LogP contribution in [-0.2, 0) is 16.0 Å². The van der Waals surface area contributed by atoms with E-state index in [4.69, 9.17) is 9.47 Å². The van der Waals surface area contributed by atoms with E-state index >= 15 is 0 Å². The van der Waals surface area contributed by atoms with Crippen molar-refractivity contribution in [2.45, 2.75) is 32.1 Å². The lowest BCUT2D eigenvalue weighted by atomic mass is 9.96. The third-order valence-corrected chi connectivity index (χ3v) is 3.59. The summed E-state index contributed by atoms with van der Waals surface area (Å²) < 4.78 is 12.7. The number of aromatic nitrogens is 2. The third kappa shape index (κ3) is 3.31. The molecule has 1 aromatic heterocycles. The highest BCUT2D eigenvalue weighted by atomic mass is 16.7. The van der Waals surface area contributed by atoms with Crippen molar-refractivity contribution in [3.05, 3.63) is 18.2 Å². The average molecular weight is 253 g/mol. The van der Waals surface area contributed by atoms with Crippen molar-refractivity contribution in [1.29, 1.82) is 0 Å². The van der Waals surface area contributed by atoms with Crippen LogP contribution in [0.15, 0.2) is 12.5 Å². The van der Waals surface area contributed by atoms with Gasteiger partial charge in [0.25, 0.3) is 0 Å². The molecule has 0 spiro atoms. The molecule has 5 heteroatoms. The number of piperidine rings is 1. The number of hydrogen-bond donors (Lipinski definition) is 1. The van der Waals surface area contributed by atoms with Crippen molar-refractivity contribution in [3.8, 4) is 0 Å². The fourth-order valence-corrected chi connectivity index (χ4v) is 2.54. The van der Waals surface area contributed by atoms with Crippen LogP contribution in [-0.4, -0.2) is 36.9 Å². The second kappa shape index (κ2) is 6.87. The monoisotopic (exact) mass is 253 g/mol. The Morgan fingerprint density at radius 2 is 2.33 bits per heavy atom. The van der Waals surface area contributed by atoms with Crippen molar-refractivity contribution in [2.75, 3.05) is 27.3 Å². The normalized spacial score (nSPS) is 20.5. The topological polar surface area (TPSA) is 48.3 Å².